The highest BCUT2D eigenvalue weighted by molar-refractivity contribution is 7.89. The predicted octanol–water partition coefficient (Wildman–Crippen LogP) is 2.92. The van der Waals surface area contributed by atoms with E-state index in [0.717, 1.165) is 6.42 Å². The van der Waals surface area contributed by atoms with Gasteiger partial charge in [0.05, 0.1) is 10.5 Å². The Morgan fingerprint density at radius 2 is 1.65 bits per heavy atom. The van der Waals surface area contributed by atoms with E-state index in [4.69, 9.17) is 14.2 Å². The van der Waals surface area contributed by atoms with Crippen LogP contribution in [0.25, 0.3) is 0 Å². The van der Waals surface area contributed by atoms with Crippen molar-refractivity contribution in [2.24, 2.45) is 11.8 Å². The molecule has 1 fully saturated rings. The number of ether oxygens (including phenoxy) is 3. The van der Waals surface area contributed by atoms with Crippen molar-refractivity contribution >= 4 is 27.6 Å². The van der Waals surface area contributed by atoms with E-state index in [2.05, 4.69) is 5.32 Å². The summed E-state index contributed by atoms with van der Waals surface area (Å²) in [6.07, 6.45) is 0.999. The van der Waals surface area contributed by atoms with Crippen molar-refractivity contribution in [1.29, 1.82) is 0 Å². The third-order valence-electron chi connectivity index (χ3n) is 5.72. The summed E-state index contributed by atoms with van der Waals surface area (Å²) in [4.78, 5) is 24.7. The van der Waals surface area contributed by atoms with Gasteiger partial charge < -0.3 is 19.5 Å². The van der Waals surface area contributed by atoms with Gasteiger partial charge in [0.15, 0.2) is 18.1 Å². The summed E-state index contributed by atoms with van der Waals surface area (Å²) in [7, 11) is -3.64. The van der Waals surface area contributed by atoms with Crippen LogP contribution in [0.2, 0.25) is 0 Å². The number of carbonyl (C=O) groups excluding carboxylic acids is 2. The first-order valence-corrected chi connectivity index (χ1v) is 12.6. The molecule has 2 aromatic carbocycles. The van der Waals surface area contributed by atoms with Crippen LogP contribution in [0.15, 0.2) is 47.4 Å². The summed E-state index contributed by atoms with van der Waals surface area (Å²) in [5.74, 6) is 0.483. The molecule has 1 N–H and O–H groups in total. The van der Waals surface area contributed by atoms with E-state index in [0.29, 0.717) is 55.3 Å². The lowest BCUT2D eigenvalue weighted by atomic mass is 9.94. The van der Waals surface area contributed by atoms with Gasteiger partial charge in [-0.1, -0.05) is 13.8 Å². The van der Waals surface area contributed by atoms with Crippen LogP contribution in [0.3, 0.4) is 0 Å². The van der Waals surface area contributed by atoms with E-state index in [1.54, 1.807) is 18.2 Å². The molecule has 9 nitrogen and oxygen atoms in total. The Labute approximate surface area is 199 Å². The Bertz CT molecular complexity index is 1150. The number of anilines is 1. The molecule has 1 saturated heterocycles. The number of rotatable bonds is 6. The number of esters is 1. The standard InChI is InChI=1S/C24H28N2O7S/c1-16-11-17(2)14-26(13-16)34(29,30)20-6-3-18(4-7-20)24(28)33-15-23(27)25-19-5-8-21-22(12-19)32-10-9-31-21/h3-8,12,16-17H,9-11,13-15H2,1-2H3,(H,25,27). The normalized spacial score (nSPS) is 20.4. The summed E-state index contributed by atoms with van der Waals surface area (Å²) in [6.45, 7) is 5.46. The molecule has 182 valence electrons. The molecule has 10 heteroatoms. The van der Waals surface area contributed by atoms with Gasteiger partial charge in [-0.3, -0.25) is 4.79 Å². The van der Waals surface area contributed by atoms with E-state index in [1.807, 2.05) is 13.8 Å². The first-order valence-electron chi connectivity index (χ1n) is 11.2. The third-order valence-corrected chi connectivity index (χ3v) is 7.57. The largest absolute Gasteiger partial charge is 0.486 e. The van der Waals surface area contributed by atoms with Crippen LogP contribution in [0.1, 0.15) is 30.6 Å². The van der Waals surface area contributed by atoms with E-state index >= 15 is 0 Å². The third kappa shape index (κ3) is 5.51. The van der Waals surface area contributed by atoms with Gasteiger partial charge in [-0.2, -0.15) is 4.31 Å². The maximum Gasteiger partial charge on any atom is 0.338 e. The highest BCUT2D eigenvalue weighted by Crippen LogP contribution is 2.32. The number of hydrogen-bond donors (Lipinski definition) is 1. The molecule has 0 spiro atoms. The number of nitrogens with one attached hydrogen (secondary N) is 1. The number of amides is 1. The molecule has 0 saturated carbocycles. The summed E-state index contributed by atoms with van der Waals surface area (Å²) in [5, 5.41) is 2.63. The summed E-state index contributed by atoms with van der Waals surface area (Å²) < 4.78 is 43.4. The van der Waals surface area contributed by atoms with Crippen LogP contribution in [-0.2, 0) is 19.6 Å². The lowest BCUT2D eigenvalue weighted by molar-refractivity contribution is -0.119. The van der Waals surface area contributed by atoms with Crippen molar-refractivity contribution in [2.45, 2.75) is 25.2 Å². The molecule has 2 heterocycles. The molecule has 0 radical (unpaired) electrons. The monoisotopic (exact) mass is 488 g/mol. The SMILES string of the molecule is CC1CC(C)CN(S(=O)(=O)c2ccc(C(=O)OCC(=O)Nc3ccc4c(c3)OCCO4)cc2)C1. The number of sulfonamides is 1. The Morgan fingerprint density at radius 3 is 2.32 bits per heavy atom. The fourth-order valence-corrected chi connectivity index (χ4v) is 5.93. The van der Waals surface area contributed by atoms with Gasteiger partial charge in [-0.25, -0.2) is 13.2 Å². The van der Waals surface area contributed by atoms with Crippen LogP contribution in [-0.4, -0.2) is 57.5 Å². The Morgan fingerprint density at radius 1 is 1.00 bits per heavy atom. The second-order valence-corrected chi connectivity index (χ2v) is 10.7. The minimum Gasteiger partial charge on any atom is -0.486 e. The Balaban J connectivity index is 1.32. The molecule has 0 bridgehead atoms. The molecule has 2 aromatic rings. The number of fused-ring (bicyclic) bond motifs is 1. The average molecular weight is 489 g/mol. The lowest BCUT2D eigenvalue weighted by Gasteiger charge is -2.34. The fraction of sp³-hybridized carbons (Fsp3) is 0.417. The minimum absolute atomic E-state index is 0.127. The maximum atomic E-state index is 13.0. The van der Waals surface area contributed by atoms with Gasteiger partial charge in [0, 0.05) is 24.8 Å². The first kappa shape index (κ1) is 24.0. The second-order valence-electron chi connectivity index (χ2n) is 8.78. The average Bonchev–Trinajstić information content (AvgIpc) is 2.82. The van der Waals surface area contributed by atoms with E-state index in [1.165, 1.54) is 28.6 Å². The summed E-state index contributed by atoms with van der Waals surface area (Å²) in [6, 6.07) is 10.6. The molecule has 34 heavy (non-hydrogen) atoms. The summed E-state index contributed by atoms with van der Waals surface area (Å²) in [5.41, 5.74) is 0.646. The highest BCUT2D eigenvalue weighted by atomic mass is 32.2. The molecule has 2 aliphatic rings. The van der Waals surface area contributed by atoms with E-state index < -0.39 is 28.5 Å². The van der Waals surface area contributed by atoms with Gasteiger partial charge in [0.25, 0.3) is 5.91 Å². The number of carbonyl (C=O) groups is 2. The van der Waals surface area contributed by atoms with Crippen molar-refractivity contribution in [1.82, 2.24) is 4.31 Å². The Hall–Kier alpha value is -3.11. The highest BCUT2D eigenvalue weighted by Gasteiger charge is 2.31. The fourth-order valence-electron chi connectivity index (χ4n) is 4.25. The van der Waals surface area contributed by atoms with Crippen molar-refractivity contribution in [2.75, 3.05) is 38.2 Å². The van der Waals surface area contributed by atoms with Crippen molar-refractivity contribution < 1.29 is 32.2 Å². The zero-order valence-electron chi connectivity index (χ0n) is 19.2. The van der Waals surface area contributed by atoms with E-state index in [9.17, 15) is 18.0 Å². The molecule has 2 aliphatic heterocycles. The van der Waals surface area contributed by atoms with Gasteiger partial charge in [0.1, 0.15) is 13.2 Å². The second kappa shape index (κ2) is 10.0. The van der Waals surface area contributed by atoms with E-state index in [-0.39, 0.29) is 10.5 Å². The molecule has 0 aromatic heterocycles. The van der Waals surface area contributed by atoms with Crippen molar-refractivity contribution in [3.63, 3.8) is 0 Å². The van der Waals surface area contributed by atoms with Crippen LogP contribution in [0.5, 0.6) is 11.5 Å². The van der Waals surface area contributed by atoms with Gasteiger partial charge in [-0.05, 0) is 54.7 Å². The van der Waals surface area contributed by atoms with Crippen LogP contribution in [0.4, 0.5) is 5.69 Å². The molecule has 2 atom stereocenters. The maximum absolute atomic E-state index is 13.0. The molecule has 0 aliphatic carbocycles. The van der Waals surface area contributed by atoms with Crippen LogP contribution < -0.4 is 14.8 Å². The van der Waals surface area contributed by atoms with Crippen LogP contribution in [0, 0.1) is 11.8 Å². The number of nitrogens with zero attached hydrogens (tertiary/aromatic N) is 1. The summed E-state index contributed by atoms with van der Waals surface area (Å²) >= 11 is 0. The number of hydrogen-bond acceptors (Lipinski definition) is 7. The smallest absolute Gasteiger partial charge is 0.338 e. The predicted molar refractivity (Wildman–Crippen MR) is 124 cm³/mol. The van der Waals surface area contributed by atoms with Gasteiger partial charge in [0.2, 0.25) is 10.0 Å². The minimum atomic E-state index is -3.64. The van der Waals surface area contributed by atoms with Crippen LogP contribution >= 0.6 is 0 Å². The molecule has 2 unspecified atom stereocenters. The van der Waals surface area contributed by atoms with Gasteiger partial charge in [-0.15, -0.1) is 0 Å². The molecular formula is C24H28N2O7S. The quantitative estimate of drug-likeness (QED) is 0.623. The topological polar surface area (TPSA) is 111 Å². The Kier molecular flexibility index (Phi) is 7.08. The first-order chi connectivity index (χ1) is 16.2. The van der Waals surface area contributed by atoms with Crippen molar-refractivity contribution in [3.8, 4) is 11.5 Å². The molecule has 1 amide bonds. The molecule has 4 rings (SSSR count). The zero-order chi connectivity index (χ0) is 24.3. The molecular weight excluding hydrogens is 460 g/mol. The zero-order valence-corrected chi connectivity index (χ0v) is 20.0. The lowest BCUT2D eigenvalue weighted by Crippen LogP contribution is -2.42. The number of piperidine rings is 1. The van der Waals surface area contributed by atoms with Crippen molar-refractivity contribution in [3.05, 3.63) is 48.0 Å². The number of benzene rings is 2. The van der Waals surface area contributed by atoms with Gasteiger partial charge >= 0.3 is 5.97 Å².